The first-order chi connectivity index (χ1) is 30.0. The monoisotopic (exact) mass is 1070 g/mol. The average molecular weight is 1070 g/mol. The summed E-state index contributed by atoms with van der Waals surface area (Å²) in [7, 11) is -11.7. The molecular formula is C28H55O29P5S2. The number of phosphoric ester groups is 2. The molecule has 12 N–H and O–H groups in total. The van der Waals surface area contributed by atoms with Crippen LogP contribution >= 0.6 is 38.4 Å². The van der Waals surface area contributed by atoms with Crippen LogP contribution in [0.3, 0.4) is 0 Å². The number of aliphatic hydroxyl groups excluding tert-OH is 9. The Morgan fingerprint density at radius 3 is 1.53 bits per heavy atom. The molecule has 0 radical (unpaired) electrons. The van der Waals surface area contributed by atoms with E-state index >= 15 is 0 Å². The van der Waals surface area contributed by atoms with Gasteiger partial charge in [0.2, 0.25) is 0 Å². The fraction of sp³-hybridized carbons (Fsp3) is 0.929. The number of hydrogen-bond acceptors (Lipinski definition) is 28. The van der Waals surface area contributed by atoms with Crippen molar-refractivity contribution in [1.82, 2.24) is 0 Å². The molecule has 36 heteroatoms. The molecule has 0 saturated carbocycles. The second-order valence-electron chi connectivity index (χ2n) is 12.3. The minimum absolute atomic E-state index is 0.0500. The van der Waals surface area contributed by atoms with Crippen molar-refractivity contribution in [2.75, 3.05) is 60.0 Å². The first-order valence-corrected chi connectivity index (χ1v) is 26.8. The molecule has 64 heavy (non-hydrogen) atoms. The minimum atomic E-state index is -4.56. The van der Waals surface area contributed by atoms with Crippen LogP contribution < -0.4 is 0 Å². The molecule has 3 aliphatic rings. The van der Waals surface area contributed by atoms with Gasteiger partial charge in [-0.25, -0.2) is 13.4 Å². The van der Waals surface area contributed by atoms with Gasteiger partial charge in [-0.15, -0.1) is 0 Å². The van der Waals surface area contributed by atoms with E-state index in [1.165, 1.54) is 7.11 Å². The summed E-state index contributed by atoms with van der Waals surface area (Å²) in [6.07, 6.45) is -18.5. The van der Waals surface area contributed by atoms with Crippen LogP contribution in [-0.4, -0.2) is 225 Å². The molecule has 0 aromatic heterocycles. The van der Waals surface area contributed by atoms with Gasteiger partial charge in [0.05, 0.1) is 33.0 Å². The van der Waals surface area contributed by atoms with E-state index in [9.17, 15) is 63.7 Å². The van der Waals surface area contributed by atoms with Crippen molar-refractivity contribution in [2.45, 2.75) is 106 Å². The zero-order chi connectivity index (χ0) is 49.4. The number of carbonyl (C=O) groups excluding carboxylic acids is 2. The third-order valence-corrected chi connectivity index (χ3v) is 12.2. The maximum atomic E-state index is 11.4. The molecule has 3 saturated heterocycles. The van der Waals surface area contributed by atoms with Crippen molar-refractivity contribution in [1.29, 1.82) is 0 Å². The van der Waals surface area contributed by atoms with Crippen LogP contribution in [-0.2, 0) is 102 Å². The molecule has 0 aliphatic carbocycles. The van der Waals surface area contributed by atoms with Gasteiger partial charge in [-0.05, 0) is 23.6 Å². The first-order valence-electron chi connectivity index (χ1n) is 18.1. The molecular weight excluding hydrogens is 1020 g/mol. The van der Waals surface area contributed by atoms with Crippen molar-refractivity contribution < 1.29 is 139 Å². The number of hydrogen-bond donors (Lipinski definition) is 12. The third kappa shape index (κ3) is 22.7. The summed E-state index contributed by atoms with van der Waals surface area (Å²) in [6.45, 7) is 1.17. The molecule has 0 aromatic carbocycles. The van der Waals surface area contributed by atoms with Crippen LogP contribution in [0.5, 0.6) is 0 Å². The van der Waals surface area contributed by atoms with Crippen molar-refractivity contribution in [3.8, 4) is 0 Å². The largest absolute Gasteiger partial charge is 0.481 e. The Morgan fingerprint density at radius 2 is 1.09 bits per heavy atom. The number of aliphatic hydroxyl groups is 9. The van der Waals surface area contributed by atoms with Gasteiger partial charge in [-0.3, -0.25) is 22.7 Å². The zero-order valence-electron chi connectivity index (χ0n) is 34.1. The van der Waals surface area contributed by atoms with Gasteiger partial charge < -0.3 is 103 Å². The van der Waals surface area contributed by atoms with Crippen molar-refractivity contribution in [3.05, 3.63) is 0 Å². The average Bonchev–Trinajstić information content (AvgIpc) is 3.84. The lowest BCUT2D eigenvalue weighted by Gasteiger charge is -2.25. The Hall–Kier alpha value is 0.110. The van der Waals surface area contributed by atoms with E-state index in [4.69, 9.17) is 53.2 Å². The van der Waals surface area contributed by atoms with Crippen LogP contribution in [0, 0.1) is 0 Å². The minimum Gasteiger partial charge on any atom is -0.394 e. The first kappa shape index (κ1) is 64.1. The molecule has 3 fully saturated rings. The maximum absolute atomic E-state index is 11.4. The van der Waals surface area contributed by atoms with E-state index in [-0.39, 0.29) is 28.1 Å². The van der Waals surface area contributed by atoms with E-state index < -0.39 is 155 Å². The predicted molar refractivity (Wildman–Crippen MR) is 217 cm³/mol. The molecule has 0 bridgehead atoms. The molecule has 3 rings (SSSR count). The third-order valence-electron chi connectivity index (χ3n) is 7.82. The summed E-state index contributed by atoms with van der Waals surface area (Å²) in [5, 5.41) is 85.8. The van der Waals surface area contributed by atoms with E-state index in [1.54, 1.807) is 0 Å². The smallest absolute Gasteiger partial charge is 0.394 e. The Kier molecular flexibility index (Phi) is 32.9. The number of ether oxygens (including phenoxy) is 6. The van der Waals surface area contributed by atoms with Crippen LogP contribution in [0.2, 0.25) is 0 Å². The van der Waals surface area contributed by atoms with Gasteiger partial charge in [-0.1, -0.05) is 13.8 Å². The summed E-state index contributed by atoms with van der Waals surface area (Å²) in [5.74, 6) is 0. The summed E-state index contributed by atoms with van der Waals surface area (Å²) >= 11 is 8.85. The van der Waals surface area contributed by atoms with Crippen molar-refractivity contribution in [2.24, 2.45) is 0 Å². The molecule has 18 atom stereocenters. The van der Waals surface area contributed by atoms with Gasteiger partial charge in [0.1, 0.15) is 114 Å². The normalized spacial score (nSPS) is 33.1. The lowest BCUT2D eigenvalue weighted by atomic mass is 10.1. The molecule has 3 heterocycles. The van der Waals surface area contributed by atoms with Crippen molar-refractivity contribution >= 4 is 74.6 Å². The van der Waals surface area contributed by atoms with Crippen LogP contribution in [0.1, 0.15) is 13.8 Å². The highest BCUT2D eigenvalue weighted by Gasteiger charge is 2.50. The topological polar surface area (TPSA) is 439 Å². The summed E-state index contributed by atoms with van der Waals surface area (Å²) in [5.41, 5.74) is 0. The van der Waals surface area contributed by atoms with Gasteiger partial charge in [0, 0.05) is 13.8 Å². The molecule has 0 amide bonds. The Morgan fingerprint density at radius 1 is 0.656 bits per heavy atom. The van der Waals surface area contributed by atoms with Crippen LogP contribution in [0.25, 0.3) is 0 Å². The van der Waals surface area contributed by atoms with E-state index in [1.807, 2.05) is 13.8 Å². The Labute approximate surface area is 378 Å². The highest BCUT2D eigenvalue weighted by atomic mass is 32.4. The van der Waals surface area contributed by atoms with E-state index in [0.717, 1.165) is 6.66 Å². The lowest BCUT2D eigenvalue weighted by Crippen LogP contribution is -2.44. The van der Waals surface area contributed by atoms with Crippen LogP contribution in [0.4, 0.5) is 0 Å². The van der Waals surface area contributed by atoms with E-state index in [2.05, 4.69) is 46.0 Å². The number of aldehydes is 2. The van der Waals surface area contributed by atoms with Crippen LogP contribution in [0.15, 0.2) is 0 Å². The number of carbonyl (C=O) groups is 2. The quantitative estimate of drug-likeness (QED) is 0.0292. The summed E-state index contributed by atoms with van der Waals surface area (Å²) in [4.78, 5) is 47.7. The van der Waals surface area contributed by atoms with Crippen molar-refractivity contribution in [3.63, 3.8) is 0 Å². The molecule has 3 aliphatic heterocycles. The summed E-state index contributed by atoms with van der Waals surface area (Å²) < 4.78 is 91.2. The van der Waals surface area contributed by atoms with Gasteiger partial charge in [-0.2, -0.15) is 0 Å². The number of methoxy groups -OCH3 is 1. The zero-order valence-corrected chi connectivity index (χ0v) is 40.2. The molecule has 378 valence electrons. The summed E-state index contributed by atoms with van der Waals surface area (Å²) in [6, 6.07) is 0. The molecule has 0 spiro atoms. The standard InChI is InChI=1S/C12H25O11P.2C7H12O9P2S.C2H6/c1-20-11-8(3-13)23-12(10(11)17)21-4-6(14)9(16)7(15)5-22-24(2,18)19;8-1-2-13-18(11,12)16-6-4(3-9)14-7(5(6)10)15-17-19;8-1-2-13-7-5(10)6(4(3-9)14-7)15-18(11,12)16-17-19;1-2/h6-17H,3-5H2,1-2H3,(H,18,19);2*1,4-7,9-10H,2-3H2,(H,11,12);1-2H3/t6?,7?,8-,9?,10?,11?,12-;4-,5?,6?,7+;4-,5?,6?,7-;/m111./s1. The maximum Gasteiger partial charge on any atom is 0.481 e. The van der Waals surface area contributed by atoms with Gasteiger partial charge in [0.15, 0.2) is 18.9 Å². The second-order valence-corrected chi connectivity index (χ2v) is 18.8. The molecule has 12 unspecified atom stereocenters. The fourth-order valence-electron chi connectivity index (χ4n) is 5.03. The lowest BCUT2D eigenvalue weighted by molar-refractivity contribution is -0.194. The highest BCUT2D eigenvalue weighted by Crippen LogP contribution is 2.50. The number of rotatable bonds is 26. The fourth-order valence-corrected chi connectivity index (χ4v) is 8.67. The Bertz CT molecular complexity index is 1490. The molecule has 29 nitrogen and oxygen atoms in total. The predicted octanol–water partition coefficient (Wildman–Crippen LogP) is -3.75. The van der Waals surface area contributed by atoms with Gasteiger partial charge in [0.25, 0.3) is 0 Å². The highest BCUT2D eigenvalue weighted by molar-refractivity contribution is 7.96. The SMILES string of the molecule is CC.COC1C(O)[C@H](OCC(O)C(O)C(O)COP(C)(=O)O)O[C@@H]1CO.O=CCOP(=O)(O)OC1C(O)[C@H](OP=S)O[C@@H]1CO.O=CCO[C@@H]1O[C@H](CO)C(OP(=O)(O)OP=S)C1O. The van der Waals surface area contributed by atoms with Gasteiger partial charge >= 0.3 is 23.2 Å². The van der Waals surface area contributed by atoms with E-state index in [0.29, 0.717) is 6.29 Å². The second kappa shape index (κ2) is 32.8. The molecule has 0 aromatic rings. The Balaban J connectivity index is 0.000000920. The number of phosphoric acid groups is 2.